The van der Waals surface area contributed by atoms with Crippen molar-refractivity contribution in [2.75, 3.05) is 39.8 Å². The normalized spacial score (nSPS) is 19.0. The first-order valence-electron chi connectivity index (χ1n) is 16.8. The lowest BCUT2D eigenvalue weighted by Crippen LogP contribution is -2.44. The van der Waals surface area contributed by atoms with Gasteiger partial charge in [-0.15, -0.1) is 11.3 Å². The summed E-state index contributed by atoms with van der Waals surface area (Å²) < 4.78 is 20.4. The second kappa shape index (κ2) is 15.8. The Bertz CT molecular complexity index is 1710. The fourth-order valence-corrected chi connectivity index (χ4v) is 6.96. The molecule has 2 fully saturated rings. The Hall–Kier alpha value is -4.19. The number of nitrogens with one attached hydrogen (secondary N) is 2. The summed E-state index contributed by atoms with van der Waals surface area (Å²) in [6.07, 6.45) is 6.08. The number of carbonyl (C=O) groups is 2. The number of hydrogen-bond acceptors (Lipinski definition) is 8. The number of rotatable bonds is 10. The second-order valence-corrected chi connectivity index (χ2v) is 13.9. The maximum absolute atomic E-state index is 14.3. The van der Waals surface area contributed by atoms with Gasteiger partial charge < -0.3 is 25.2 Å². The van der Waals surface area contributed by atoms with Crippen molar-refractivity contribution in [3.63, 3.8) is 0 Å². The van der Waals surface area contributed by atoms with E-state index in [9.17, 15) is 14.0 Å². The number of aromatic nitrogens is 2. The highest BCUT2D eigenvalue weighted by molar-refractivity contribution is 7.09. The molecule has 0 radical (unpaired) electrons. The topological polar surface area (TPSA) is 99.7 Å². The third-order valence-electron chi connectivity index (χ3n) is 9.18. The summed E-state index contributed by atoms with van der Waals surface area (Å²) in [6.45, 7) is 7.48. The Kier molecular flexibility index (Phi) is 11.1. The summed E-state index contributed by atoms with van der Waals surface area (Å²) in [4.78, 5) is 39.2. The number of halogens is 1. The van der Waals surface area contributed by atoms with Gasteiger partial charge in [-0.25, -0.2) is 14.4 Å². The third kappa shape index (κ3) is 9.03. The number of nitrogens with zero attached hydrogens (tertiary/aromatic N) is 4. The molecule has 1 aliphatic heterocycles. The number of aryl methyl sites for hydroxylation is 1. The highest BCUT2D eigenvalue weighted by Gasteiger charge is 2.26. The van der Waals surface area contributed by atoms with Crippen molar-refractivity contribution >= 4 is 23.2 Å². The van der Waals surface area contributed by atoms with Crippen molar-refractivity contribution in [3.05, 3.63) is 93.8 Å². The largest absolute Gasteiger partial charge is 0.438 e. The van der Waals surface area contributed by atoms with Gasteiger partial charge in [0, 0.05) is 37.1 Å². The van der Waals surface area contributed by atoms with E-state index in [1.54, 1.807) is 11.4 Å². The zero-order valence-electron chi connectivity index (χ0n) is 27.6. The van der Waals surface area contributed by atoms with Crippen LogP contribution < -0.4 is 15.4 Å². The van der Waals surface area contributed by atoms with Crippen LogP contribution in [0.4, 0.5) is 4.39 Å². The van der Waals surface area contributed by atoms with Gasteiger partial charge in [-0.1, -0.05) is 36.4 Å². The Labute approximate surface area is 285 Å². The van der Waals surface area contributed by atoms with Crippen molar-refractivity contribution in [1.29, 1.82) is 0 Å². The number of amides is 2. The number of ether oxygens (including phenoxy) is 1. The van der Waals surface area contributed by atoms with Crippen LogP contribution in [-0.4, -0.2) is 83.4 Å². The van der Waals surface area contributed by atoms with Crippen LogP contribution in [0.5, 0.6) is 11.6 Å². The lowest BCUT2D eigenvalue weighted by molar-refractivity contribution is 0.0888. The molecule has 2 aromatic heterocycles. The Morgan fingerprint density at radius 3 is 2.42 bits per heavy atom. The van der Waals surface area contributed by atoms with Crippen LogP contribution in [-0.2, 0) is 6.42 Å². The molecule has 3 heterocycles. The molecule has 0 bridgehead atoms. The molecule has 2 aromatic carbocycles. The number of carbonyl (C=O) groups excluding carboxylic acids is 2. The lowest BCUT2D eigenvalue weighted by Gasteiger charge is -2.29. The lowest BCUT2D eigenvalue weighted by atomic mass is 9.91. The van der Waals surface area contributed by atoms with E-state index in [4.69, 9.17) is 4.74 Å². The SMILES string of the molecule is Cc1nc(C(=O)N[C@H]2CC[C@H](NC(=O)c3cc(F)cnc3Oc3cccc(-c4ccc(CCN5CCCN(C)CC5)cc4)c3)CC2)cs1. The first-order chi connectivity index (χ1) is 23.3. The molecule has 0 unspecified atom stereocenters. The molecule has 2 N–H and O–H groups in total. The zero-order valence-corrected chi connectivity index (χ0v) is 28.4. The van der Waals surface area contributed by atoms with Crippen molar-refractivity contribution in [1.82, 2.24) is 30.4 Å². The fourth-order valence-electron chi connectivity index (χ4n) is 6.37. The van der Waals surface area contributed by atoms with Crippen LogP contribution in [0.15, 0.2) is 66.2 Å². The van der Waals surface area contributed by atoms with E-state index in [1.165, 1.54) is 29.9 Å². The molecule has 0 spiro atoms. The van der Waals surface area contributed by atoms with Crippen molar-refractivity contribution < 1.29 is 18.7 Å². The second-order valence-electron chi connectivity index (χ2n) is 12.8. The van der Waals surface area contributed by atoms with Crippen LogP contribution in [0.1, 0.15) is 63.5 Å². The molecule has 1 saturated carbocycles. The van der Waals surface area contributed by atoms with Crippen LogP contribution in [0.25, 0.3) is 11.1 Å². The monoisotopic (exact) mass is 670 g/mol. The highest BCUT2D eigenvalue weighted by atomic mass is 32.1. The van der Waals surface area contributed by atoms with E-state index in [-0.39, 0.29) is 29.4 Å². The first kappa shape index (κ1) is 33.7. The number of likely N-dealkylation sites (N-methyl/N-ethyl adjacent to an activating group) is 1. The molecule has 252 valence electrons. The Balaban J connectivity index is 1.04. The smallest absolute Gasteiger partial charge is 0.270 e. The van der Waals surface area contributed by atoms with Crippen molar-refractivity contribution in [2.24, 2.45) is 0 Å². The molecule has 2 aliphatic rings. The number of thiazole rings is 1. The van der Waals surface area contributed by atoms with Crippen LogP contribution >= 0.6 is 11.3 Å². The maximum Gasteiger partial charge on any atom is 0.270 e. The summed E-state index contributed by atoms with van der Waals surface area (Å²) in [5, 5.41) is 8.68. The van der Waals surface area contributed by atoms with Gasteiger partial charge >= 0.3 is 0 Å². The predicted molar refractivity (Wildman–Crippen MR) is 186 cm³/mol. The van der Waals surface area contributed by atoms with Crippen LogP contribution in [0, 0.1) is 12.7 Å². The molecule has 0 atom stereocenters. The van der Waals surface area contributed by atoms with Gasteiger partial charge in [0.25, 0.3) is 11.8 Å². The standard InChI is InChI=1S/C37H43FN6O3S/c1-25-40-34(24-48-25)36(46)42-31-13-11-30(12-14-31)41-35(45)33-22-29(38)23-39-37(33)47-32-6-3-5-28(21-32)27-9-7-26(8-10-27)15-18-44-17-4-16-43(2)19-20-44/h3,5-10,21-24,30-31H,4,11-20H2,1-2H3,(H,41,45)(H,42,46)/t30-,31-. The van der Waals surface area contributed by atoms with Gasteiger partial charge in [0.05, 0.1) is 11.2 Å². The molecule has 6 rings (SSSR count). The molecular weight excluding hydrogens is 628 g/mol. The Morgan fingerprint density at radius 2 is 1.69 bits per heavy atom. The van der Waals surface area contributed by atoms with Crippen LogP contribution in [0.2, 0.25) is 0 Å². The van der Waals surface area contributed by atoms with E-state index in [2.05, 4.69) is 61.7 Å². The molecule has 48 heavy (non-hydrogen) atoms. The average molecular weight is 671 g/mol. The molecular formula is C37H43FN6O3S. The maximum atomic E-state index is 14.3. The highest BCUT2D eigenvalue weighted by Crippen LogP contribution is 2.29. The van der Waals surface area contributed by atoms with Gasteiger partial charge in [-0.05, 0) is 100 Å². The predicted octanol–water partition coefficient (Wildman–Crippen LogP) is 6.10. The molecule has 9 nitrogen and oxygen atoms in total. The van der Waals surface area contributed by atoms with Gasteiger partial charge in [0.2, 0.25) is 5.88 Å². The van der Waals surface area contributed by atoms with E-state index in [0.29, 0.717) is 37.1 Å². The van der Waals surface area contributed by atoms with Gasteiger partial charge in [-0.2, -0.15) is 0 Å². The van der Waals surface area contributed by atoms with E-state index >= 15 is 0 Å². The zero-order chi connectivity index (χ0) is 33.5. The van der Waals surface area contributed by atoms with Crippen LogP contribution in [0.3, 0.4) is 0 Å². The summed E-state index contributed by atoms with van der Waals surface area (Å²) >= 11 is 1.44. The number of hydrogen-bond donors (Lipinski definition) is 2. The van der Waals surface area contributed by atoms with Gasteiger partial charge in [-0.3, -0.25) is 9.59 Å². The minimum atomic E-state index is -0.617. The number of pyridine rings is 1. The summed E-state index contributed by atoms with van der Waals surface area (Å²) in [5.74, 6) is -0.690. The quantitative estimate of drug-likeness (QED) is 0.211. The molecule has 1 saturated heterocycles. The minimum Gasteiger partial charge on any atom is -0.438 e. The van der Waals surface area contributed by atoms with E-state index in [1.807, 2.05) is 25.1 Å². The Morgan fingerprint density at radius 1 is 0.938 bits per heavy atom. The van der Waals surface area contributed by atoms with E-state index < -0.39 is 11.7 Å². The molecule has 1 aliphatic carbocycles. The summed E-state index contributed by atoms with van der Waals surface area (Å²) in [7, 11) is 2.19. The van der Waals surface area contributed by atoms with E-state index in [0.717, 1.165) is 61.0 Å². The molecule has 2 amide bonds. The average Bonchev–Trinajstić information content (AvgIpc) is 3.43. The van der Waals surface area contributed by atoms with Gasteiger partial charge in [0.15, 0.2) is 0 Å². The summed E-state index contributed by atoms with van der Waals surface area (Å²) in [6, 6.07) is 17.3. The van der Waals surface area contributed by atoms with Gasteiger partial charge in [0.1, 0.15) is 22.8 Å². The van der Waals surface area contributed by atoms with Crippen molar-refractivity contribution in [3.8, 4) is 22.8 Å². The first-order valence-corrected chi connectivity index (χ1v) is 17.6. The molecule has 4 aromatic rings. The minimum absolute atomic E-state index is 0.0116. The molecule has 11 heteroatoms. The fraction of sp³-hybridized carbons (Fsp3) is 0.405. The number of benzene rings is 2. The van der Waals surface area contributed by atoms with Crippen molar-refractivity contribution in [2.45, 2.75) is 57.5 Å². The third-order valence-corrected chi connectivity index (χ3v) is 9.95. The summed E-state index contributed by atoms with van der Waals surface area (Å²) in [5.41, 5.74) is 3.80.